The van der Waals surface area contributed by atoms with Crippen LogP contribution in [0.5, 0.6) is 0 Å². The molecule has 0 spiro atoms. The van der Waals surface area contributed by atoms with E-state index in [0.29, 0.717) is 0 Å². The van der Waals surface area contributed by atoms with E-state index < -0.39 is 0 Å². The zero-order valence-electron chi connectivity index (χ0n) is 9.62. The fourth-order valence-corrected chi connectivity index (χ4v) is 1.68. The number of hydrogen-bond donors (Lipinski definition) is 0. The number of esters is 2. The molecule has 0 amide bonds. The number of carbonyl (C=O) groups excluding carboxylic acids is 2. The Morgan fingerprint density at radius 3 is 1.62 bits per heavy atom. The number of methoxy groups -OCH3 is 2. The minimum Gasteiger partial charge on any atom is -0.466 e. The second-order valence-corrected chi connectivity index (χ2v) is 3.59. The minimum absolute atomic E-state index is 0.382. The molecule has 0 saturated heterocycles. The summed E-state index contributed by atoms with van der Waals surface area (Å²) in [5, 5.41) is 0. The number of hydrogen-bond acceptors (Lipinski definition) is 4. The van der Waals surface area contributed by atoms with Crippen LogP contribution < -0.4 is 0 Å². The second-order valence-electron chi connectivity index (χ2n) is 3.59. The zero-order chi connectivity index (χ0) is 12.0. The molecule has 0 bridgehead atoms. The van der Waals surface area contributed by atoms with Gasteiger partial charge in [-0.15, -0.1) is 0 Å². The largest absolute Gasteiger partial charge is 0.466 e. The van der Waals surface area contributed by atoms with Crippen LogP contribution in [0.3, 0.4) is 0 Å². The lowest BCUT2D eigenvalue weighted by atomic mass is 9.89. The van der Waals surface area contributed by atoms with Crippen LogP contribution in [0.2, 0.25) is 0 Å². The Morgan fingerprint density at radius 1 is 0.938 bits per heavy atom. The average molecular weight is 224 g/mol. The van der Waals surface area contributed by atoms with Crippen molar-refractivity contribution in [3.05, 3.63) is 23.3 Å². The van der Waals surface area contributed by atoms with E-state index in [0.717, 1.165) is 36.8 Å². The Bertz CT molecular complexity index is 305. The van der Waals surface area contributed by atoms with E-state index >= 15 is 0 Å². The molecule has 0 heterocycles. The van der Waals surface area contributed by atoms with Crippen molar-refractivity contribution in [1.82, 2.24) is 0 Å². The minimum atomic E-state index is -0.382. The van der Waals surface area contributed by atoms with Crippen molar-refractivity contribution in [2.45, 2.75) is 25.7 Å². The maximum Gasteiger partial charge on any atom is 0.330 e. The van der Waals surface area contributed by atoms with Gasteiger partial charge in [0.05, 0.1) is 14.2 Å². The first-order chi connectivity index (χ1) is 7.67. The molecular formula is C12H16O4. The predicted octanol–water partition coefficient (Wildman–Crippen LogP) is 1.76. The molecule has 0 N–H and O–H groups in total. The summed E-state index contributed by atoms with van der Waals surface area (Å²) in [6.45, 7) is 0. The summed E-state index contributed by atoms with van der Waals surface area (Å²) in [6.07, 6.45) is 6.57. The van der Waals surface area contributed by atoms with E-state index in [4.69, 9.17) is 0 Å². The third-order valence-electron chi connectivity index (χ3n) is 2.54. The van der Waals surface area contributed by atoms with Gasteiger partial charge in [-0.3, -0.25) is 0 Å². The van der Waals surface area contributed by atoms with Gasteiger partial charge in [0.15, 0.2) is 0 Å². The molecule has 0 aromatic rings. The Kier molecular flexibility index (Phi) is 4.76. The molecule has 4 nitrogen and oxygen atoms in total. The molecule has 1 saturated carbocycles. The van der Waals surface area contributed by atoms with Crippen molar-refractivity contribution >= 4 is 11.9 Å². The highest BCUT2D eigenvalue weighted by molar-refractivity contribution is 5.86. The summed E-state index contributed by atoms with van der Waals surface area (Å²) < 4.78 is 9.15. The second kappa shape index (κ2) is 6.10. The van der Waals surface area contributed by atoms with E-state index in [1.165, 1.54) is 26.4 Å². The van der Waals surface area contributed by atoms with Crippen LogP contribution in [0, 0.1) is 0 Å². The van der Waals surface area contributed by atoms with Gasteiger partial charge >= 0.3 is 11.9 Å². The van der Waals surface area contributed by atoms with E-state index in [2.05, 4.69) is 9.47 Å². The lowest BCUT2D eigenvalue weighted by molar-refractivity contribution is -0.135. The van der Waals surface area contributed by atoms with E-state index in [1.807, 2.05) is 0 Å². The van der Waals surface area contributed by atoms with Gasteiger partial charge in [-0.2, -0.15) is 0 Å². The molecule has 1 rings (SSSR count). The Morgan fingerprint density at radius 2 is 1.31 bits per heavy atom. The van der Waals surface area contributed by atoms with Crippen LogP contribution >= 0.6 is 0 Å². The average Bonchev–Trinajstić information content (AvgIpc) is 2.31. The fourth-order valence-electron chi connectivity index (χ4n) is 1.68. The highest BCUT2D eigenvalue weighted by Crippen LogP contribution is 2.28. The summed E-state index contributed by atoms with van der Waals surface area (Å²) in [6, 6.07) is 0. The molecule has 88 valence electrons. The normalized spacial score (nSPS) is 20.9. The first-order valence-corrected chi connectivity index (χ1v) is 5.24. The molecule has 1 aliphatic rings. The highest BCUT2D eigenvalue weighted by atomic mass is 16.5. The molecule has 0 atom stereocenters. The van der Waals surface area contributed by atoms with E-state index in [9.17, 15) is 9.59 Å². The van der Waals surface area contributed by atoms with Crippen LogP contribution in [-0.2, 0) is 19.1 Å². The fraction of sp³-hybridized carbons (Fsp3) is 0.500. The van der Waals surface area contributed by atoms with Gasteiger partial charge in [-0.05, 0) is 36.8 Å². The molecule has 0 aromatic carbocycles. The predicted molar refractivity (Wildman–Crippen MR) is 58.7 cm³/mol. The Balaban J connectivity index is 2.87. The first-order valence-electron chi connectivity index (χ1n) is 5.24. The lowest BCUT2D eigenvalue weighted by Gasteiger charge is -2.17. The van der Waals surface area contributed by atoms with Crippen LogP contribution in [-0.4, -0.2) is 26.2 Å². The maximum absolute atomic E-state index is 11.1. The SMILES string of the molecule is COC(=O)/C=C1/CCCC/C1=C\C(=O)OC. The van der Waals surface area contributed by atoms with Crippen molar-refractivity contribution in [1.29, 1.82) is 0 Å². The van der Waals surface area contributed by atoms with E-state index in [1.54, 1.807) is 0 Å². The molecular weight excluding hydrogens is 208 g/mol. The Hall–Kier alpha value is -1.58. The molecule has 1 aliphatic carbocycles. The number of ether oxygens (including phenoxy) is 2. The molecule has 4 heteroatoms. The van der Waals surface area contributed by atoms with Crippen molar-refractivity contribution in [3.63, 3.8) is 0 Å². The molecule has 0 radical (unpaired) electrons. The highest BCUT2D eigenvalue weighted by Gasteiger charge is 2.14. The van der Waals surface area contributed by atoms with Gasteiger partial charge in [0.25, 0.3) is 0 Å². The van der Waals surface area contributed by atoms with Crippen molar-refractivity contribution in [2.75, 3.05) is 14.2 Å². The summed E-state index contributed by atoms with van der Waals surface area (Å²) in [5.41, 5.74) is 1.76. The molecule has 0 unspecified atom stereocenters. The standard InChI is InChI=1S/C12H16O4/c1-15-11(13)7-9-5-3-4-6-10(9)8-12(14)16-2/h7-8H,3-6H2,1-2H3/b9-7-,10-8+. The number of rotatable bonds is 2. The quantitative estimate of drug-likeness (QED) is 0.529. The molecule has 0 aliphatic heterocycles. The zero-order valence-corrected chi connectivity index (χ0v) is 9.62. The van der Waals surface area contributed by atoms with Gasteiger partial charge in [-0.1, -0.05) is 0 Å². The van der Waals surface area contributed by atoms with Gasteiger partial charge in [0, 0.05) is 12.2 Å². The van der Waals surface area contributed by atoms with Crippen molar-refractivity contribution in [2.24, 2.45) is 0 Å². The number of carbonyl (C=O) groups is 2. The first kappa shape index (κ1) is 12.5. The lowest BCUT2D eigenvalue weighted by Crippen LogP contribution is -2.06. The summed E-state index contributed by atoms with van der Waals surface area (Å²) in [7, 11) is 2.68. The van der Waals surface area contributed by atoms with Crippen molar-refractivity contribution in [3.8, 4) is 0 Å². The van der Waals surface area contributed by atoms with Gasteiger partial charge < -0.3 is 9.47 Å². The third-order valence-corrected chi connectivity index (χ3v) is 2.54. The van der Waals surface area contributed by atoms with E-state index in [-0.39, 0.29) is 11.9 Å². The summed E-state index contributed by atoms with van der Waals surface area (Å²) in [4.78, 5) is 22.3. The third kappa shape index (κ3) is 3.53. The van der Waals surface area contributed by atoms with Gasteiger partial charge in [-0.25, -0.2) is 9.59 Å². The number of allylic oxidation sites excluding steroid dienone is 2. The molecule has 16 heavy (non-hydrogen) atoms. The summed E-state index contributed by atoms with van der Waals surface area (Å²) in [5.74, 6) is -0.764. The van der Waals surface area contributed by atoms with Crippen molar-refractivity contribution < 1.29 is 19.1 Å². The topological polar surface area (TPSA) is 52.6 Å². The van der Waals surface area contributed by atoms with Gasteiger partial charge in [0.2, 0.25) is 0 Å². The monoisotopic (exact) mass is 224 g/mol. The van der Waals surface area contributed by atoms with Crippen LogP contribution in [0.25, 0.3) is 0 Å². The van der Waals surface area contributed by atoms with Gasteiger partial charge in [0.1, 0.15) is 0 Å². The van der Waals surface area contributed by atoms with Crippen LogP contribution in [0.15, 0.2) is 23.3 Å². The molecule has 1 fully saturated rings. The van der Waals surface area contributed by atoms with Crippen LogP contribution in [0.1, 0.15) is 25.7 Å². The van der Waals surface area contributed by atoms with Crippen LogP contribution in [0.4, 0.5) is 0 Å². The Labute approximate surface area is 94.9 Å². The maximum atomic E-state index is 11.1. The smallest absolute Gasteiger partial charge is 0.330 e. The summed E-state index contributed by atoms with van der Waals surface area (Å²) >= 11 is 0. The molecule has 0 aromatic heterocycles.